The number of hydrogen-bond acceptors (Lipinski definition) is 3. The highest BCUT2D eigenvalue weighted by atomic mass is 16.3. The second-order valence-electron chi connectivity index (χ2n) is 4.22. The molecule has 0 unspecified atom stereocenters. The van der Waals surface area contributed by atoms with E-state index in [2.05, 4.69) is 17.1 Å². The summed E-state index contributed by atoms with van der Waals surface area (Å²) in [5, 5.41) is 13.1. The van der Waals surface area contributed by atoms with Crippen molar-refractivity contribution in [1.82, 2.24) is 10.2 Å². The second kappa shape index (κ2) is 4.64. The van der Waals surface area contributed by atoms with Crippen LogP contribution in [0.3, 0.4) is 0 Å². The third-order valence-corrected chi connectivity index (χ3v) is 2.84. The molecule has 1 aliphatic rings. The maximum Gasteiger partial charge on any atom is 0.120 e. The number of benzene rings is 1. The number of nitrogens with one attached hydrogen (secondary N) is 1. The molecule has 1 aromatic rings. The van der Waals surface area contributed by atoms with Crippen molar-refractivity contribution in [1.29, 1.82) is 0 Å². The van der Waals surface area contributed by atoms with Crippen LogP contribution in [0, 0.1) is 0 Å². The van der Waals surface area contributed by atoms with E-state index in [9.17, 15) is 5.11 Å². The Morgan fingerprint density at radius 1 is 1.47 bits per heavy atom. The molecule has 2 rings (SSSR count). The van der Waals surface area contributed by atoms with Gasteiger partial charge in [0.15, 0.2) is 0 Å². The average molecular weight is 206 g/mol. The van der Waals surface area contributed by atoms with Gasteiger partial charge in [0, 0.05) is 37.8 Å². The van der Waals surface area contributed by atoms with Crippen molar-refractivity contribution >= 4 is 0 Å². The van der Waals surface area contributed by atoms with Crippen LogP contribution in [0.15, 0.2) is 24.3 Å². The monoisotopic (exact) mass is 206 g/mol. The number of phenolic OH excluding ortho intramolecular Hbond substituents is 1. The van der Waals surface area contributed by atoms with Gasteiger partial charge in [-0.1, -0.05) is 18.2 Å². The molecule has 0 aromatic heterocycles. The zero-order chi connectivity index (χ0) is 10.7. The minimum absolute atomic E-state index is 0.406. The van der Waals surface area contributed by atoms with Crippen LogP contribution in [0.2, 0.25) is 0 Å². The molecule has 0 saturated carbocycles. The van der Waals surface area contributed by atoms with Gasteiger partial charge in [0.2, 0.25) is 0 Å². The first-order valence-corrected chi connectivity index (χ1v) is 5.48. The summed E-state index contributed by atoms with van der Waals surface area (Å²) in [5.41, 5.74) is 1.02. The Bertz CT molecular complexity index is 327. The number of aromatic hydroxyl groups is 1. The Kier molecular flexibility index (Phi) is 3.23. The lowest BCUT2D eigenvalue weighted by Gasteiger charge is -2.31. The number of rotatable bonds is 2. The third kappa shape index (κ3) is 2.70. The van der Waals surface area contributed by atoms with E-state index in [0.717, 1.165) is 31.7 Å². The molecule has 1 atom stereocenters. The molecule has 1 heterocycles. The van der Waals surface area contributed by atoms with Crippen LogP contribution < -0.4 is 5.32 Å². The van der Waals surface area contributed by atoms with Gasteiger partial charge in [0.25, 0.3) is 0 Å². The van der Waals surface area contributed by atoms with Gasteiger partial charge in [-0.2, -0.15) is 0 Å². The van der Waals surface area contributed by atoms with Crippen molar-refractivity contribution in [3.05, 3.63) is 29.8 Å². The van der Waals surface area contributed by atoms with Gasteiger partial charge in [-0.15, -0.1) is 0 Å². The lowest BCUT2D eigenvalue weighted by molar-refractivity contribution is 0.198. The fraction of sp³-hybridized carbons (Fsp3) is 0.500. The Morgan fingerprint density at radius 2 is 2.27 bits per heavy atom. The van der Waals surface area contributed by atoms with Gasteiger partial charge in [-0.3, -0.25) is 4.90 Å². The van der Waals surface area contributed by atoms with Crippen molar-refractivity contribution in [3.63, 3.8) is 0 Å². The first kappa shape index (κ1) is 10.5. The van der Waals surface area contributed by atoms with Crippen LogP contribution in [0.25, 0.3) is 0 Å². The summed E-state index contributed by atoms with van der Waals surface area (Å²) in [5.74, 6) is 0.406. The van der Waals surface area contributed by atoms with E-state index < -0.39 is 0 Å². The van der Waals surface area contributed by atoms with Crippen LogP contribution in [-0.4, -0.2) is 35.7 Å². The smallest absolute Gasteiger partial charge is 0.120 e. The van der Waals surface area contributed by atoms with Crippen molar-refractivity contribution in [2.45, 2.75) is 19.5 Å². The highest BCUT2D eigenvalue weighted by Gasteiger charge is 2.16. The van der Waals surface area contributed by atoms with Crippen molar-refractivity contribution < 1.29 is 5.11 Å². The van der Waals surface area contributed by atoms with Gasteiger partial charge in [0.05, 0.1) is 0 Å². The summed E-state index contributed by atoms with van der Waals surface area (Å²) in [4.78, 5) is 2.37. The first-order valence-electron chi connectivity index (χ1n) is 5.48. The molecule has 3 nitrogen and oxygen atoms in total. The van der Waals surface area contributed by atoms with E-state index in [-0.39, 0.29) is 0 Å². The maximum absolute atomic E-state index is 9.66. The quantitative estimate of drug-likeness (QED) is 0.763. The van der Waals surface area contributed by atoms with Crippen LogP contribution in [0.4, 0.5) is 0 Å². The summed E-state index contributed by atoms with van der Waals surface area (Å²) in [7, 11) is 0. The Morgan fingerprint density at radius 3 is 3.00 bits per heavy atom. The minimum atomic E-state index is 0.406. The maximum atomic E-state index is 9.66. The van der Waals surface area contributed by atoms with E-state index in [0.29, 0.717) is 11.8 Å². The number of piperazine rings is 1. The second-order valence-corrected chi connectivity index (χ2v) is 4.22. The SMILES string of the molecule is C[C@H]1CN(Cc2ccccc2O)CCN1. The van der Waals surface area contributed by atoms with E-state index in [1.165, 1.54) is 0 Å². The highest BCUT2D eigenvalue weighted by Crippen LogP contribution is 2.18. The number of hydrogen-bond donors (Lipinski definition) is 2. The molecule has 0 aliphatic carbocycles. The van der Waals surface area contributed by atoms with E-state index in [1.807, 2.05) is 18.2 Å². The zero-order valence-corrected chi connectivity index (χ0v) is 9.11. The summed E-state index contributed by atoms with van der Waals surface area (Å²) in [6.45, 7) is 6.18. The van der Waals surface area contributed by atoms with E-state index >= 15 is 0 Å². The molecule has 1 aliphatic heterocycles. The predicted octanol–water partition coefficient (Wildman–Crippen LogP) is 1.19. The van der Waals surface area contributed by atoms with Crippen molar-refractivity contribution in [2.75, 3.05) is 19.6 Å². The van der Waals surface area contributed by atoms with Gasteiger partial charge in [0.1, 0.15) is 5.75 Å². The molecule has 2 N–H and O–H groups in total. The third-order valence-electron chi connectivity index (χ3n) is 2.84. The topological polar surface area (TPSA) is 35.5 Å². The molecule has 3 heteroatoms. The summed E-state index contributed by atoms with van der Waals surface area (Å²) in [6, 6.07) is 8.12. The first-order chi connectivity index (χ1) is 7.25. The molecule has 1 fully saturated rings. The number of para-hydroxylation sites is 1. The van der Waals surface area contributed by atoms with E-state index in [1.54, 1.807) is 6.07 Å². The van der Waals surface area contributed by atoms with Crippen molar-refractivity contribution in [2.24, 2.45) is 0 Å². The van der Waals surface area contributed by atoms with Gasteiger partial charge < -0.3 is 10.4 Å². The fourth-order valence-electron chi connectivity index (χ4n) is 2.04. The average Bonchev–Trinajstić information content (AvgIpc) is 2.22. The van der Waals surface area contributed by atoms with E-state index in [4.69, 9.17) is 0 Å². The van der Waals surface area contributed by atoms with Gasteiger partial charge in [-0.25, -0.2) is 0 Å². The fourth-order valence-corrected chi connectivity index (χ4v) is 2.04. The molecule has 1 aromatic carbocycles. The van der Waals surface area contributed by atoms with Crippen LogP contribution in [0.1, 0.15) is 12.5 Å². The molecule has 0 radical (unpaired) electrons. The summed E-state index contributed by atoms with van der Waals surface area (Å²) in [6.07, 6.45) is 0. The van der Waals surface area contributed by atoms with Crippen LogP contribution in [0.5, 0.6) is 5.75 Å². The summed E-state index contributed by atoms with van der Waals surface area (Å²) < 4.78 is 0. The van der Waals surface area contributed by atoms with Crippen LogP contribution >= 0.6 is 0 Å². The molecule has 1 saturated heterocycles. The number of nitrogens with zero attached hydrogens (tertiary/aromatic N) is 1. The zero-order valence-electron chi connectivity index (χ0n) is 9.11. The van der Waals surface area contributed by atoms with Gasteiger partial charge >= 0.3 is 0 Å². The Labute approximate surface area is 90.7 Å². The predicted molar refractivity (Wildman–Crippen MR) is 60.8 cm³/mol. The van der Waals surface area contributed by atoms with Gasteiger partial charge in [-0.05, 0) is 13.0 Å². The number of phenols is 1. The minimum Gasteiger partial charge on any atom is -0.508 e. The lowest BCUT2D eigenvalue weighted by Crippen LogP contribution is -2.48. The molecule has 0 amide bonds. The normalized spacial score (nSPS) is 22.9. The lowest BCUT2D eigenvalue weighted by atomic mass is 10.1. The molecular formula is C12H18N2O. The van der Waals surface area contributed by atoms with Crippen LogP contribution in [-0.2, 0) is 6.54 Å². The standard InChI is InChI=1S/C12H18N2O/c1-10-8-14(7-6-13-10)9-11-4-2-3-5-12(11)15/h2-5,10,13,15H,6-9H2,1H3/t10-/m0/s1. The molecular weight excluding hydrogens is 188 g/mol. The Hall–Kier alpha value is -1.06. The Balaban J connectivity index is 1.99. The molecule has 82 valence electrons. The molecule has 0 bridgehead atoms. The molecule has 0 spiro atoms. The summed E-state index contributed by atoms with van der Waals surface area (Å²) >= 11 is 0. The van der Waals surface area contributed by atoms with Crippen molar-refractivity contribution in [3.8, 4) is 5.75 Å². The highest BCUT2D eigenvalue weighted by molar-refractivity contribution is 5.31. The molecule has 15 heavy (non-hydrogen) atoms. The largest absolute Gasteiger partial charge is 0.508 e.